The zero-order chi connectivity index (χ0) is 18.5. The van der Waals surface area contributed by atoms with Gasteiger partial charge in [-0.15, -0.1) is 0 Å². The average molecular weight is 358 g/mol. The molecule has 0 radical (unpaired) electrons. The van der Waals surface area contributed by atoms with Crippen LogP contribution in [0.4, 0.5) is 0 Å². The number of benzene rings is 1. The number of hydrogen-bond acceptors (Lipinski definition) is 5. The first-order valence-corrected chi connectivity index (χ1v) is 8.91. The molecule has 0 heterocycles. The molecule has 0 aliphatic rings. The predicted molar refractivity (Wildman–Crippen MR) is 87.1 cm³/mol. The van der Waals surface area contributed by atoms with Crippen molar-refractivity contribution in [2.45, 2.75) is 37.8 Å². The van der Waals surface area contributed by atoms with Crippen molar-refractivity contribution in [2.24, 2.45) is 0 Å². The number of sulfonamides is 1. The number of amides is 1. The topological polar surface area (TPSA) is 124 Å². The van der Waals surface area contributed by atoms with Crippen molar-refractivity contribution < 1.29 is 28.2 Å². The molecular weight excluding hydrogens is 336 g/mol. The fraction of sp³-hybridized carbons (Fsp3) is 0.467. The zero-order valence-corrected chi connectivity index (χ0v) is 14.6. The highest BCUT2D eigenvalue weighted by atomic mass is 32.2. The number of aliphatic carboxylic acids is 1. The molecule has 0 saturated carbocycles. The Hall–Kier alpha value is -1.97. The van der Waals surface area contributed by atoms with Gasteiger partial charge in [-0.25, -0.2) is 13.2 Å². The van der Waals surface area contributed by atoms with Crippen LogP contribution in [0.2, 0.25) is 0 Å². The third kappa shape index (κ3) is 4.53. The molecule has 0 aliphatic carbocycles. The standard InChI is InChI=1S/C15H22N2O6S/c1-4-17(5-2)24(22,23)12-8-6-11(7-9-12)14(19)16-13(10(3)18)15(20)21/h6-10,13,18H,4-5H2,1-3H3,(H,16,19)(H,20,21)/t10-,13+/m1/s1. The summed E-state index contributed by atoms with van der Waals surface area (Å²) in [7, 11) is -3.63. The molecule has 1 aromatic rings. The van der Waals surface area contributed by atoms with E-state index in [1.165, 1.54) is 35.5 Å². The molecule has 0 aromatic heterocycles. The Bertz CT molecular complexity index is 680. The fourth-order valence-electron chi connectivity index (χ4n) is 2.10. The van der Waals surface area contributed by atoms with Crippen LogP contribution in [0.15, 0.2) is 29.2 Å². The monoisotopic (exact) mass is 358 g/mol. The van der Waals surface area contributed by atoms with Crippen LogP contribution in [-0.2, 0) is 14.8 Å². The summed E-state index contributed by atoms with van der Waals surface area (Å²) in [5, 5.41) is 20.5. The molecular formula is C15H22N2O6S. The van der Waals surface area contributed by atoms with Crippen LogP contribution in [0, 0.1) is 0 Å². The molecule has 0 unspecified atom stereocenters. The third-order valence-electron chi connectivity index (χ3n) is 3.49. The first-order chi connectivity index (χ1) is 11.1. The van der Waals surface area contributed by atoms with Gasteiger partial charge in [-0.3, -0.25) is 4.79 Å². The quantitative estimate of drug-likeness (QED) is 0.613. The first-order valence-electron chi connectivity index (χ1n) is 7.47. The van der Waals surface area contributed by atoms with Crippen LogP contribution in [0.3, 0.4) is 0 Å². The Morgan fingerprint density at radius 1 is 1.17 bits per heavy atom. The van der Waals surface area contributed by atoms with Crippen molar-refractivity contribution in [1.82, 2.24) is 9.62 Å². The van der Waals surface area contributed by atoms with Gasteiger partial charge in [0.1, 0.15) is 0 Å². The zero-order valence-electron chi connectivity index (χ0n) is 13.8. The summed E-state index contributed by atoms with van der Waals surface area (Å²) >= 11 is 0. The van der Waals surface area contributed by atoms with Gasteiger partial charge in [-0.1, -0.05) is 13.8 Å². The molecule has 2 atom stereocenters. The van der Waals surface area contributed by atoms with E-state index in [9.17, 15) is 23.1 Å². The Labute approximate surface area is 141 Å². The van der Waals surface area contributed by atoms with E-state index >= 15 is 0 Å². The minimum Gasteiger partial charge on any atom is -0.480 e. The highest BCUT2D eigenvalue weighted by Gasteiger charge is 2.26. The van der Waals surface area contributed by atoms with Crippen molar-refractivity contribution in [2.75, 3.05) is 13.1 Å². The van der Waals surface area contributed by atoms with E-state index in [0.29, 0.717) is 13.1 Å². The second kappa shape index (κ2) is 8.22. The number of hydrogen-bond donors (Lipinski definition) is 3. The summed E-state index contributed by atoms with van der Waals surface area (Å²) in [5.41, 5.74) is 0.0976. The van der Waals surface area contributed by atoms with Crippen molar-refractivity contribution in [3.05, 3.63) is 29.8 Å². The highest BCUT2D eigenvalue weighted by Crippen LogP contribution is 2.16. The van der Waals surface area contributed by atoms with Crippen molar-refractivity contribution in [3.8, 4) is 0 Å². The summed E-state index contributed by atoms with van der Waals surface area (Å²) in [6.07, 6.45) is -1.27. The number of carboxylic acids is 1. The average Bonchev–Trinajstić information content (AvgIpc) is 2.52. The molecule has 3 N–H and O–H groups in total. The van der Waals surface area contributed by atoms with Gasteiger partial charge >= 0.3 is 5.97 Å². The molecule has 1 aromatic carbocycles. The maximum Gasteiger partial charge on any atom is 0.328 e. The van der Waals surface area contributed by atoms with Gasteiger partial charge in [-0.2, -0.15) is 4.31 Å². The van der Waals surface area contributed by atoms with Crippen molar-refractivity contribution >= 4 is 21.9 Å². The number of carbonyl (C=O) groups excluding carboxylic acids is 1. The molecule has 0 aliphatic heterocycles. The lowest BCUT2D eigenvalue weighted by Gasteiger charge is -2.19. The van der Waals surface area contributed by atoms with E-state index in [1.807, 2.05) is 0 Å². The smallest absolute Gasteiger partial charge is 0.328 e. The number of carboxylic acid groups (broad SMARTS) is 1. The second-order valence-corrected chi connectivity index (χ2v) is 7.08. The third-order valence-corrected chi connectivity index (χ3v) is 5.56. The molecule has 24 heavy (non-hydrogen) atoms. The summed E-state index contributed by atoms with van der Waals surface area (Å²) < 4.78 is 26.0. The van der Waals surface area contributed by atoms with Crippen LogP contribution in [0.1, 0.15) is 31.1 Å². The van der Waals surface area contributed by atoms with Gasteiger partial charge < -0.3 is 15.5 Å². The van der Waals surface area contributed by atoms with Crippen LogP contribution in [0.25, 0.3) is 0 Å². The molecule has 1 amide bonds. The molecule has 1 rings (SSSR count). The van der Waals surface area contributed by atoms with Crippen LogP contribution >= 0.6 is 0 Å². The Morgan fingerprint density at radius 3 is 2.04 bits per heavy atom. The first kappa shape index (κ1) is 20.1. The van der Waals surface area contributed by atoms with Gasteiger partial charge in [-0.05, 0) is 31.2 Å². The maximum absolute atomic E-state index is 12.3. The van der Waals surface area contributed by atoms with Crippen LogP contribution in [-0.4, -0.2) is 60.0 Å². The molecule has 0 spiro atoms. The molecule has 134 valence electrons. The van der Waals surface area contributed by atoms with Gasteiger partial charge in [0.05, 0.1) is 11.0 Å². The van der Waals surface area contributed by atoms with Gasteiger partial charge in [0.25, 0.3) is 5.91 Å². The lowest BCUT2D eigenvalue weighted by atomic mass is 10.1. The lowest BCUT2D eigenvalue weighted by molar-refractivity contribution is -0.141. The second-order valence-electron chi connectivity index (χ2n) is 5.14. The van der Waals surface area contributed by atoms with Crippen LogP contribution in [0.5, 0.6) is 0 Å². The SMILES string of the molecule is CCN(CC)S(=O)(=O)c1ccc(C(=O)N[C@H](C(=O)O)[C@@H](C)O)cc1. The molecule has 0 fully saturated rings. The van der Waals surface area contributed by atoms with E-state index in [-0.39, 0.29) is 10.5 Å². The summed E-state index contributed by atoms with van der Waals surface area (Å²) in [5.74, 6) is -2.07. The number of nitrogens with zero attached hydrogens (tertiary/aromatic N) is 1. The highest BCUT2D eigenvalue weighted by molar-refractivity contribution is 7.89. The minimum atomic E-state index is -3.63. The molecule has 0 saturated heterocycles. The number of carbonyl (C=O) groups is 2. The normalized spacial score (nSPS) is 14.2. The van der Waals surface area contributed by atoms with E-state index in [0.717, 1.165) is 0 Å². The van der Waals surface area contributed by atoms with Crippen molar-refractivity contribution in [1.29, 1.82) is 0 Å². The largest absolute Gasteiger partial charge is 0.480 e. The summed E-state index contributed by atoms with van der Waals surface area (Å²) in [4.78, 5) is 23.0. The maximum atomic E-state index is 12.3. The summed E-state index contributed by atoms with van der Waals surface area (Å²) in [6.45, 7) is 5.36. The Balaban J connectivity index is 2.99. The Kier molecular flexibility index (Phi) is 6.88. The van der Waals surface area contributed by atoms with E-state index in [2.05, 4.69) is 5.32 Å². The molecule has 0 bridgehead atoms. The van der Waals surface area contributed by atoms with Gasteiger partial charge in [0, 0.05) is 18.7 Å². The Morgan fingerprint density at radius 2 is 1.67 bits per heavy atom. The lowest BCUT2D eigenvalue weighted by Crippen LogP contribution is -2.47. The summed E-state index contributed by atoms with van der Waals surface area (Å²) in [6, 6.07) is 3.73. The number of nitrogens with one attached hydrogen (secondary N) is 1. The minimum absolute atomic E-state index is 0.0491. The van der Waals surface area contributed by atoms with E-state index < -0.39 is 34.0 Å². The number of aliphatic hydroxyl groups excluding tert-OH is 1. The van der Waals surface area contributed by atoms with Crippen LogP contribution < -0.4 is 5.32 Å². The fourth-order valence-corrected chi connectivity index (χ4v) is 3.56. The van der Waals surface area contributed by atoms with E-state index in [1.54, 1.807) is 13.8 Å². The predicted octanol–water partition coefficient (Wildman–Crippen LogP) is 0.281. The number of rotatable bonds is 8. The number of aliphatic hydroxyl groups is 1. The molecule has 8 nitrogen and oxygen atoms in total. The van der Waals surface area contributed by atoms with Crippen molar-refractivity contribution in [3.63, 3.8) is 0 Å². The van der Waals surface area contributed by atoms with Gasteiger partial charge in [0.2, 0.25) is 10.0 Å². The molecule has 9 heteroatoms. The van der Waals surface area contributed by atoms with E-state index in [4.69, 9.17) is 5.11 Å². The van der Waals surface area contributed by atoms with Gasteiger partial charge in [0.15, 0.2) is 6.04 Å².